The molecule has 7 nitrogen and oxygen atoms in total. The zero-order valence-corrected chi connectivity index (χ0v) is 21.8. The summed E-state index contributed by atoms with van der Waals surface area (Å²) in [5.41, 5.74) is 8.47. The number of hydroxylamine groups is 1. The maximum Gasteiger partial charge on any atom is 0.274 e. The molecule has 6 rings (SSSR count). The fourth-order valence-electron chi connectivity index (χ4n) is 5.19. The Hall–Kier alpha value is -5.01. The molecule has 0 spiro atoms. The molecule has 1 fully saturated rings. The molecule has 7 heteroatoms. The smallest absolute Gasteiger partial charge is 0.274 e. The molecule has 0 unspecified atom stereocenters. The Labute approximate surface area is 232 Å². The molecule has 0 aliphatic carbocycles. The average molecular weight is 529 g/mol. The molecule has 0 atom stereocenters. The number of carbonyl (C=O) groups is 2. The van der Waals surface area contributed by atoms with Crippen molar-refractivity contribution in [2.45, 2.75) is 0 Å². The number of nitrogens with zero attached hydrogens (tertiary/aromatic N) is 3. The summed E-state index contributed by atoms with van der Waals surface area (Å²) in [6, 6.07) is 35.3. The number of hydrogen-bond donors (Lipinski definition) is 2. The SMILES string of the molecule is O=C(NO)c1ccc(N2CCN(C(=O)c3cc(-c4ccc(-c5ccccc5)cc4)nc4ccccc34)CC2)cc1. The van der Waals surface area contributed by atoms with Gasteiger partial charge in [-0.2, -0.15) is 0 Å². The highest BCUT2D eigenvalue weighted by Crippen LogP contribution is 2.29. The van der Waals surface area contributed by atoms with E-state index in [4.69, 9.17) is 10.2 Å². The number of anilines is 1. The van der Waals surface area contributed by atoms with E-state index in [1.54, 1.807) is 17.6 Å². The summed E-state index contributed by atoms with van der Waals surface area (Å²) in [4.78, 5) is 34.4. The first-order chi connectivity index (χ1) is 19.6. The number of fused-ring (bicyclic) bond motifs is 1. The van der Waals surface area contributed by atoms with E-state index in [1.807, 2.05) is 65.6 Å². The third-order valence-corrected chi connectivity index (χ3v) is 7.40. The van der Waals surface area contributed by atoms with Crippen LogP contribution in [-0.4, -0.2) is 53.1 Å². The van der Waals surface area contributed by atoms with Crippen molar-refractivity contribution in [3.05, 3.63) is 120 Å². The first-order valence-corrected chi connectivity index (χ1v) is 13.2. The van der Waals surface area contributed by atoms with Crippen molar-refractivity contribution in [3.8, 4) is 22.4 Å². The minimum atomic E-state index is -0.543. The Balaban J connectivity index is 1.23. The van der Waals surface area contributed by atoms with Crippen molar-refractivity contribution in [2.75, 3.05) is 31.1 Å². The number of benzene rings is 4. The first-order valence-electron chi connectivity index (χ1n) is 13.2. The van der Waals surface area contributed by atoms with Crippen molar-refractivity contribution >= 4 is 28.4 Å². The Bertz CT molecular complexity index is 1660. The third-order valence-electron chi connectivity index (χ3n) is 7.40. The van der Waals surface area contributed by atoms with Crippen LogP contribution in [0, 0.1) is 0 Å². The van der Waals surface area contributed by atoms with Crippen LogP contribution >= 0.6 is 0 Å². The normalized spacial score (nSPS) is 13.3. The second kappa shape index (κ2) is 11.0. The number of para-hydroxylation sites is 1. The molecule has 1 aliphatic rings. The Kier molecular flexibility index (Phi) is 6.95. The van der Waals surface area contributed by atoms with Gasteiger partial charge in [-0.1, -0.05) is 72.8 Å². The van der Waals surface area contributed by atoms with Gasteiger partial charge < -0.3 is 9.80 Å². The van der Waals surface area contributed by atoms with Crippen molar-refractivity contribution in [2.24, 2.45) is 0 Å². The Morgan fingerprint density at radius 2 is 1.32 bits per heavy atom. The number of amides is 2. The lowest BCUT2D eigenvalue weighted by Crippen LogP contribution is -2.48. The number of aromatic nitrogens is 1. The second-order valence-corrected chi connectivity index (χ2v) is 9.78. The highest BCUT2D eigenvalue weighted by molar-refractivity contribution is 6.07. The molecular formula is C33H28N4O3. The zero-order valence-electron chi connectivity index (χ0n) is 21.8. The van der Waals surface area contributed by atoms with Gasteiger partial charge in [0.2, 0.25) is 0 Å². The van der Waals surface area contributed by atoms with Gasteiger partial charge in [0.05, 0.1) is 16.8 Å². The summed E-state index contributed by atoms with van der Waals surface area (Å²) >= 11 is 0. The van der Waals surface area contributed by atoms with Crippen LogP contribution in [0.15, 0.2) is 109 Å². The molecule has 0 saturated carbocycles. The van der Waals surface area contributed by atoms with Gasteiger partial charge in [0.1, 0.15) is 0 Å². The zero-order chi connectivity index (χ0) is 27.5. The van der Waals surface area contributed by atoms with E-state index < -0.39 is 5.91 Å². The predicted octanol–water partition coefficient (Wildman–Crippen LogP) is 5.65. The minimum Gasteiger partial charge on any atom is -0.368 e. The molecule has 40 heavy (non-hydrogen) atoms. The van der Waals surface area contributed by atoms with E-state index in [0.717, 1.165) is 39.0 Å². The topological polar surface area (TPSA) is 85.8 Å². The molecule has 0 bridgehead atoms. The van der Waals surface area contributed by atoms with Gasteiger partial charge in [0.15, 0.2) is 0 Å². The van der Waals surface area contributed by atoms with E-state index >= 15 is 0 Å². The summed E-state index contributed by atoms with van der Waals surface area (Å²) in [6.45, 7) is 2.51. The van der Waals surface area contributed by atoms with Crippen molar-refractivity contribution < 1.29 is 14.8 Å². The molecule has 1 saturated heterocycles. The van der Waals surface area contributed by atoms with Gasteiger partial charge in [-0.05, 0) is 47.5 Å². The monoisotopic (exact) mass is 528 g/mol. The van der Waals surface area contributed by atoms with Crippen LogP contribution in [0.1, 0.15) is 20.7 Å². The third kappa shape index (κ3) is 5.02. The van der Waals surface area contributed by atoms with Crippen molar-refractivity contribution in [1.82, 2.24) is 15.4 Å². The van der Waals surface area contributed by atoms with Crippen LogP contribution in [0.25, 0.3) is 33.3 Å². The molecule has 2 N–H and O–H groups in total. The summed E-state index contributed by atoms with van der Waals surface area (Å²) in [5.74, 6) is -0.548. The van der Waals surface area contributed by atoms with Crippen molar-refractivity contribution in [3.63, 3.8) is 0 Å². The average Bonchev–Trinajstić information content (AvgIpc) is 3.04. The molecule has 2 heterocycles. The number of nitrogens with one attached hydrogen (secondary N) is 1. The standard InChI is InChI=1S/C33H28N4O3/c38-32(35-40)26-14-16-27(17-15-26)36-18-20-37(21-19-36)33(39)29-22-31(34-30-9-5-4-8-28(29)30)25-12-10-24(11-13-25)23-6-2-1-3-7-23/h1-17,22,40H,18-21H2,(H,35,38). The lowest BCUT2D eigenvalue weighted by molar-refractivity contribution is 0.0705. The van der Waals surface area contributed by atoms with E-state index in [-0.39, 0.29) is 5.91 Å². The second-order valence-electron chi connectivity index (χ2n) is 9.78. The molecule has 2 amide bonds. The van der Waals surface area contributed by atoms with E-state index in [1.165, 1.54) is 0 Å². The lowest BCUT2D eigenvalue weighted by Gasteiger charge is -2.36. The van der Waals surface area contributed by atoms with Crippen LogP contribution in [0.4, 0.5) is 5.69 Å². The largest absolute Gasteiger partial charge is 0.368 e. The van der Waals surface area contributed by atoms with Crippen LogP contribution in [0.3, 0.4) is 0 Å². The van der Waals surface area contributed by atoms with Crippen LogP contribution in [-0.2, 0) is 0 Å². The Morgan fingerprint density at radius 1 is 0.700 bits per heavy atom. The van der Waals surface area contributed by atoms with Gasteiger partial charge >= 0.3 is 0 Å². The summed E-state index contributed by atoms with van der Waals surface area (Å²) < 4.78 is 0. The van der Waals surface area contributed by atoms with Gasteiger partial charge in [-0.3, -0.25) is 14.8 Å². The highest BCUT2D eigenvalue weighted by Gasteiger charge is 2.24. The van der Waals surface area contributed by atoms with Gasteiger partial charge in [0.25, 0.3) is 11.8 Å². The quantitative estimate of drug-likeness (QED) is 0.227. The summed E-state index contributed by atoms with van der Waals surface area (Å²) in [6.07, 6.45) is 0. The minimum absolute atomic E-state index is 0.00429. The number of rotatable bonds is 5. The van der Waals surface area contributed by atoms with Crippen LogP contribution in [0.5, 0.6) is 0 Å². The van der Waals surface area contributed by atoms with Crippen LogP contribution < -0.4 is 10.4 Å². The maximum atomic E-state index is 13.8. The van der Waals surface area contributed by atoms with Crippen molar-refractivity contribution in [1.29, 1.82) is 0 Å². The first kappa shape index (κ1) is 25.3. The predicted molar refractivity (Wildman–Crippen MR) is 156 cm³/mol. The molecule has 5 aromatic rings. The van der Waals surface area contributed by atoms with E-state index in [9.17, 15) is 9.59 Å². The summed E-state index contributed by atoms with van der Waals surface area (Å²) in [7, 11) is 0. The number of carbonyl (C=O) groups excluding carboxylic acids is 2. The molecular weight excluding hydrogens is 500 g/mol. The van der Waals surface area contributed by atoms with Gasteiger partial charge in [-0.25, -0.2) is 10.5 Å². The maximum absolute atomic E-state index is 13.8. The fourth-order valence-corrected chi connectivity index (χ4v) is 5.19. The fraction of sp³-hybridized carbons (Fsp3) is 0.121. The molecule has 1 aromatic heterocycles. The number of pyridine rings is 1. The van der Waals surface area contributed by atoms with Crippen LogP contribution in [0.2, 0.25) is 0 Å². The number of piperazine rings is 1. The summed E-state index contributed by atoms with van der Waals surface area (Å²) in [5, 5.41) is 9.68. The van der Waals surface area contributed by atoms with E-state index in [0.29, 0.717) is 37.3 Å². The molecule has 198 valence electrons. The Morgan fingerprint density at radius 3 is 2.02 bits per heavy atom. The highest BCUT2D eigenvalue weighted by atomic mass is 16.5. The lowest BCUT2D eigenvalue weighted by atomic mass is 10.00. The van der Waals surface area contributed by atoms with Gasteiger partial charge in [0, 0.05) is 48.4 Å². The van der Waals surface area contributed by atoms with Gasteiger partial charge in [-0.15, -0.1) is 0 Å². The molecule has 4 aromatic carbocycles. The number of hydrogen-bond acceptors (Lipinski definition) is 5. The molecule has 1 aliphatic heterocycles. The molecule has 0 radical (unpaired) electrons. The van der Waals surface area contributed by atoms with E-state index in [2.05, 4.69) is 41.3 Å².